The third-order valence-electron chi connectivity index (χ3n) is 1.96. The molecule has 0 saturated carbocycles. The zero-order valence-corrected chi connectivity index (χ0v) is 11.4. The number of nitrogens with zero attached hydrogens (tertiary/aromatic N) is 1. The highest BCUT2D eigenvalue weighted by Crippen LogP contribution is 2.21. The van der Waals surface area contributed by atoms with Gasteiger partial charge in [-0.25, -0.2) is 0 Å². The van der Waals surface area contributed by atoms with E-state index in [1.54, 1.807) is 11.3 Å². The van der Waals surface area contributed by atoms with E-state index in [0.29, 0.717) is 6.54 Å². The Hall–Kier alpha value is -1.18. The summed E-state index contributed by atoms with van der Waals surface area (Å²) >= 11 is 7.45. The topological polar surface area (TPSA) is 36.4 Å². The second-order valence-electron chi connectivity index (χ2n) is 3.27. The molecular weight excluding hydrogens is 254 g/mol. The number of thiophene rings is 1. The first kappa shape index (κ1) is 13.9. The molecule has 5 heteroatoms. The summed E-state index contributed by atoms with van der Waals surface area (Å²) in [6.07, 6.45) is 6.08. The molecule has 3 nitrogen and oxygen atoms in total. The third-order valence-corrected chi connectivity index (χ3v) is 3.25. The standard InChI is InChI=1S/C12H16ClN3S/c1-3-8-15-12(14-4-2)16-9-7-10-5-6-11(13)17-10/h1,5-6H,4,7-9H2,2H3,(H2,14,15,16). The monoisotopic (exact) mass is 269 g/mol. The van der Waals surface area contributed by atoms with E-state index in [9.17, 15) is 0 Å². The summed E-state index contributed by atoms with van der Waals surface area (Å²) in [5.41, 5.74) is 0. The van der Waals surface area contributed by atoms with E-state index in [0.717, 1.165) is 29.8 Å². The zero-order chi connectivity index (χ0) is 12.5. The minimum atomic E-state index is 0.483. The summed E-state index contributed by atoms with van der Waals surface area (Å²) in [7, 11) is 0. The molecule has 1 rings (SSSR count). The van der Waals surface area contributed by atoms with E-state index in [2.05, 4.69) is 21.5 Å². The summed E-state index contributed by atoms with van der Waals surface area (Å²) in [5.74, 6) is 3.28. The zero-order valence-electron chi connectivity index (χ0n) is 9.79. The number of rotatable bonds is 5. The fraction of sp³-hybridized carbons (Fsp3) is 0.417. The van der Waals surface area contributed by atoms with Crippen molar-refractivity contribution in [2.75, 3.05) is 19.6 Å². The van der Waals surface area contributed by atoms with Gasteiger partial charge in [-0.15, -0.1) is 17.8 Å². The molecule has 0 amide bonds. The number of guanidine groups is 1. The van der Waals surface area contributed by atoms with Crippen molar-refractivity contribution in [3.05, 3.63) is 21.3 Å². The van der Waals surface area contributed by atoms with Crippen LogP contribution in [0.3, 0.4) is 0 Å². The van der Waals surface area contributed by atoms with Crippen LogP contribution in [-0.2, 0) is 6.42 Å². The fourth-order valence-electron chi connectivity index (χ4n) is 1.24. The van der Waals surface area contributed by atoms with E-state index in [1.165, 1.54) is 4.88 Å². The molecular formula is C12H16ClN3S. The molecule has 0 aliphatic rings. The largest absolute Gasteiger partial charge is 0.357 e. The lowest BCUT2D eigenvalue weighted by Gasteiger charge is -2.08. The van der Waals surface area contributed by atoms with Crippen molar-refractivity contribution in [2.45, 2.75) is 13.3 Å². The molecule has 0 fully saturated rings. The molecule has 0 bridgehead atoms. The second kappa shape index (κ2) is 7.99. The summed E-state index contributed by atoms with van der Waals surface area (Å²) in [6.45, 7) is 4.04. The van der Waals surface area contributed by atoms with E-state index in [-0.39, 0.29) is 0 Å². The number of terminal acetylenes is 1. The normalized spacial score (nSPS) is 11.0. The van der Waals surface area contributed by atoms with Gasteiger partial charge in [0.1, 0.15) is 0 Å². The van der Waals surface area contributed by atoms with Crippen LogP contribution in [0.4, 0.5) is 0 Å². The minimum Gasteiger partial charge on any atom is -0.357 e. The number of aliphatic imine (C=N–C) groups is 1. The Balaban J connectivity index is 2.40. The molecule has 0 spiro atoms. The lowest BCUT2D eigenvalue weighted by atomic mass is 10.3. The number of hydrogen-bond acceptors (Lipinski definition) is 2. The molecule has 0 aromatic carbocycles. The molecule has 0 aliphatic heterocycles. The van der Waals surface area contributed by atoms with Gasteiger partial charge in [0, 0.05) is 24.4 Å². The first-order chi connectivity index (χ1) is 8.26. The van der Waals surface area contributed by atoms with Gasteiger partial charge in [-0.1, -0.05) is 17.5 Å². The highest BCUT2D eigenvalue weighted by Gasteiger charge is 1.98. The van der Waals surface area contributed by atoms with Crippen molar-refractivity contribution in [1.29, 1.82) is 0 Å². The Labute approximate surface area is 111 Å². The SMILES string of the molecule is C#CCNC(=NCCc1ccc(Cl)s1)NCC. The molecule has 1 aromatic rings. The number of nitrogens with one attached hydrogen (secondary N) is 2. The van der Waals surface area contributed by atoms with Crippen molar-refractivity contribution in [3.63, 3.8) is 0 Å². The van der Waals surface area contributed by atoms with Crippen molar-refractivity contribution in [1.82, 2.24) is 10.6 Å². The van der Waals surface area contributed by atoms with Gasteiger partial charge in [0.25, 0.3) is 0 Å². The van der Waals surface area contributed by atoms with Crippen molar-refractivity contribution in [3.8, 4) is 12.3 Å². The summed E-state index contributed by atoms with van der Waals surface area (Å²) < 4.78 is 0.821. The molecule has 0 atom stereocenters. The third kappa shape index (κ3) is 5.62. The van der Waals surface area contributed by atoms with Gasteiger partial charge in [-0.3, -0.25) is 4.99 Å². The average Bonchev–Trinajstić information content (AvgIpc) is 2.72. The van der Waals surface area contributed by atoms with E-state index in [1.807, 2.05) is 19.1 Å². The fourth-order valence-corrected chi connectivity index (χ4v) is 2.32. The number of halogens is 1. The van der Waals surface area contributed by atoms with Crippen LogP contribution in [0.2, 0.25) is 4.34 Å². The lowest BCUT2D eigenvalue weighted by molar-refractivity contribution is 0.858. The Morgan fingerprint density at radius 2 is 2.35 bits per heavy atom. The summed E-state index contributed by atoms with van der Waals surface area (Å²) in [5, 5.41) is 6.17. The molecule has 0 saturated heterocycles. The van der Waals surface area contributed by atoms with Crippen LogP contribution < -0.4 is 10.6 Å². The second-order valence-corrected chi connectivity index (χ2v) is 5.07. The quantitative estimate of drug-likeness (QED) is 0.488. The van der Waals surface area contributed by atoms with Crippen LogP contribution in [0.1, 0.15) is 11.8 Å². The Morgan fingerprint density at radius 3 is 2.94 bits per heavy atom. The molecule has 1 aromatic heterocycles. The van der Waals surface area contributed by atoms with Crippen LogP contribution >= 0.6 is 22.9 Å². The Bertz CT molecular complexity index is 406. The van der Waals surface area contributed by atoms with E-state index < -0.39 is 0 Å². The van der Waals surface area contributed by atoms with Gasteiger partial charge in [0.05, 0.1) is 10.9 Å². The molecule has 0 radical (unpaired) electrons. The maximum Gasteiger partial charge on any atom is 0.192 e. The molecule has 92 valence electrons. The smallest absolute Gasteiger partial charge is 0.192 e. The highest BCUT2D eigenvalue weighted by atomic mass is 35.5. The molecule has 17 heavy (non-hydrogen) atoms. The summed E-state index contributed by atoms with van der Waals surface area (Å²) in [6, 6.07) is 3.94. The number of hydrogen-bond donors (Lipinski definition) is 2. The molecule has 2 N–H and O–H groups in total. The van der Waals surface area contributed by atoms with Crippen molar-refractivity contribution < 1.29 is 0 Å². The Morgan fingerprint density at radius 1 is 1.53 bits per heavy atom. The maximum absolute atomic E-state index is 5.86. The van der Waals surface area contributed by atoms with Crippen LogP contribution in [0.15, 0.2) is 17.1 Å². The molecule has 0 aliphatic carbocycles. The first-order valence-corrected chi connectivity index (χ1v) is 6.65. The molecule has 1 heterocycles. The highest BCUT2D eigenvalue weighted by molar-refractivity contribution is 7.16. The average molecular weight is 270 g/mol. The van der Waals surface area contributed by atoms with Crippen LogP contribution in [0.5, 0.6) is 0 Å². The van der Waals surface area contributed by atoms with Crippen molar-refractivity contribution >= 4 is 28.9 Å². The van der Waals surface area contributed by atoms with Crippen LogP contribution in [-0.4, -0.2) is 25.6 Å². The molecule has 0 unspecified atom stereocenters. The minimum absolute atomic E-state index is 0.483. The maximum atomic E-state index is 5.86. The van der Waals surface area contributed by atoms with Gasteiger partial charge >= 0.3 is 0 Å². The van der Waals surface area contributed by atoms with Crippen LogP contribution in [0.25, 0.3) is 0 Å². The van der Waals surface area contributed by atoms with Gasteiger partial charge in [-0.05, 0) is 19.1 Å². The van der Waals surface area contributed by atoms with Gasteiger partial charge in [0.2, 0.25) is 0 Å². The van der Waals surface area contributed by atoms with Crippen LogP contribution in [0, 0.1) is 12.3 Å². The van der Waals surface area contributed by atoms with Gasteiger partial charge in [0.15, 0.2) is 5.96 Å². The van der Waals surface area contributed by atoms with Gasteiger partial charge < -0.3 is 10.6 Å². The van der Waals surface area contributed by atoms with E-state index >= 15 is 0 Å². The van der Waals surface area contributed by atoms with E-state index in [4.69, 9.17) is 18.0 Å². The summed E-state index contributed by atoms with van der Waals surface area (Å²) in [4.78, 5) is 5.66. The predicted molar refractivity (Wildman–Crippen MR) is 75.8 cm³/mol. The van der Waals surface area contributed by atoms with Gasteiger partial charge in [-0.2, -0.15) is 0 Å². The Kier molecular flexibility index (Phi) is 6.53. The first-order valence-electron chi connectivity index (χ1n) is 5.46. The predicted octanol–water partition coefficient (Wildman–Crippen LogP) is 2.13. The lowest BCUT2D eigenvalue weighted by Crippen LogP contribution is -2.37. The van der Waals surface area contributed by atoms with Crippen molar-refractivity contribution in [2.24, 2.45) is 4.99 Å².